The second-order valence-electron chi connectivity index (χ2n) is 6.29. The maximum absolute atomic E-state index is 12.6. The van der Waals surface area contributed by atoms with E-state index in [9.17, 15) is 18.0 Å². The molecular weight excluding hydrogens is 422 g/mol. The van der Waals surface area contributed by atoms with E-state index in [1.54, 1.807) is 38.1 Å². The van der Waals surface area contributed by atoms with E-state index in [1.807, 2.05) is 6.92 Å². The van der Waals surface area contributed by atoms with E-state index in [4.69, 9.17) is 9.47 Å². The third kappa shape index (κ3) is 6.43. The van der Waals surface area contributed by atoms with Crippen molar-refractivity contribution in [1.82, 2.24) is 15.2 Å². The monoisotopic (exact) mass is 449 g/mol. The maximum atomic E-state index is 12.6. The minimum absolute atomic E-state index is 0.00559. The van der Waals surface area contributed by atoms with Crippen LogP contribution in [0.4, 0.5) is 0 Å². The molecule has 2 aromatic carbocycles. The molecule has 2 aromatic rings. The van der Waals surface area contributed by atoms with Crippen molar-refractivity contribution in [2.45, 2.75) is 25.7 Å². The Kier molecular flexibility index (Phi) is 8.83. The van der Waals surface area contributed by atoms with Crippen molar-refractivity contribution in [2.75, 3.05) is 26.3 Å². The van der Waals surface area contributed by atoms with Gasteiger partial charge in [-0.1, -0.05) is 32.0 Å². The predicted molar refractivity (Wildman–Crippen MR) is 115 cm³/mol. The average Bonchev–Trinajstić information content (AvgIpc) is 2.77. The number of nitrogens with zero attached hydrogens (tertiary/aromatic N) is 1. The lowest BCUT2D eigenvalue weighted by Gasteiger charge is -2.18. The van der Waals surface area contributed by atoms with Crippen molar-refractivity contribution in [3.8, 4) is 11.5 Å². The van der Waals surface area contributed by atoms with Gasteiger partial charge in [-0.05, 0) is 37.3 Å². The summed E-state index contributed by atoms with van der Waals surface area (Å²) in [4.78, 5) is 24.4. The molecule has 2 amide bonds. The number of benzene rings is 2. The molecule has 0 aliphatic rings. The summed E-state index contributed by atoms with van der Waals surface area (Å²) < 4.78 is 37.4. The second-order valence-corrected chi connectivity index (χ2v) is 8.23. The van der Waals surface area contributed by atoms with Crippen molar-refractivity contribution in [1.29, 1.82) is 0 Å². The molecule has 31 heavy (non-hydrogen) atoms. The highest BCUT2D eigenvalue weighted by Crippen LogP contribution is 2.26. The Morgan fingerprint density at radius 2 is 1.55 bits per heavy atom. The zero-order valence-electron chi connectivity index (χ0n) is 17.8. The molecule has 0 bridgehead atoms. The third-order valence-electron chi connectivity index (χ3n) is 4.26. The Morgan fingerprint density at radius 3 is 2.16 bits per heavy atom. The topological polar surface area (TPSA) is 114 Å². The van der Waals surface area contributed by atoms with Gasteiger partial charge in [0.15, 0.2) is 18.1 Å². The van der Waals surface area contributed by atoms with Gasteiger partial charge >= 0.3 is 0 Å². The molecular formula is C21H27N3O6S. The van der Waals surface area contributed by atoms with Crippen molar-refractivity contribution in [2.24, 2.45) is 0 Å². The number of hydrogen-bond acceptors (Lipinski definition) is 6. The van der Waals surface area contributed by atoms with Crippen molar-refractivity contribution in [3.05, 3.63) is 54.1 Å². The number of para-hydroxylation sites is 2. The molecule has 168 valence electrons. The lowest BCUT2D eigenvalue weighted by atomic mass is 10.2. The van der Waals surface area contributed by atoms with Crippen LogP contribution in [0.3, 0.4) is 0 Å². The number of ether oxygens (including phenoxy) is 2. The number of hydrogen-bond donors (Lipinski definition) is 2. The van der Waals surface area contributed by atoms with Crippen LogP contribution in [0, 0.1) is 0 Å². The molecule has 0 aliphatic heterocycles. The van der Waals surface area contributed by atoms with Gasteiger partial charge in [-0.15, -0.1) is 0 Å². The summed E-state index contributed by atoms with van der Waals surface area (Å²) in [6.45, 7) is 6.05. The van der Waals surface area contributed by atoms with E-state index in [0.29, 0.717) is 31.2 Å². The Bertz CT molecular complexity index is 1010. The Hall–Kier alpha value is -3.11. The largest absolute Gasteiger partial charge is 0.490 e. The molecule has 0 atom stereocenters. The first-order valence-corrected chi connectivity index (χ1v) is 11.3. The highest BCUT2D eigenvalue weighted by Gasteiger charge is 2.22. The number of carbonyl (C=O) groups excluding carboxylic acids is 2. The van der Waals surface area contributed by atoms with Crippen molar-refractivity contribution < 1.29 is 27.5 Å². The summed E-state index contributed by atoms with van der Waals surface area (Å²) in [6, 6.07) is 12.5. The highest BCUT2D eigenvalue weighted by atomic mass is 32.2. The zero-order valence-corrected chi connectivity index (χ0v) is 18.6. The van der Waals surface area contributed by atoms with Crippen LogP contribution in [0.2, 0.25) is 0 Å². The minimum atomic E-state index is -3.70. The lowest BCUT2D eigenvalue weighted by Crippen LogP contribution is -2.43. The van der Waals surface area contributed by atoms with Crippen LogP contribution in [0.1, 0.15) is 31.1 Å². The molecule has 0 fully saturated rings. The van der Waals surface area contributed by atoms with Crippen LogP contribution in [0.25, 0.3) is 0 Å². The molecule has 2 rings (SSSR count). The summed E-state index contributed by atoms with van der Waals surface area (Å²) in [6.07, 6.45) is 0. The molecule has 0 spiro atoms. The molecule has 0 radical (unpaired) electrons. The van der Waals surface area contributed by atoms with E-state index in [-0.39, 0.29) is 17.1 Å². The Morgan fingerprint density at radius 1 is 0.903 bits per heavy atom. The van der Waals surface area contributed by atoms with Gasteiger partial charge in [0.1, 0.15) is 0 Å². The Balaban J connectivity index is 1.96. The number of sulfonamides is 1. The van der Waals surface area contributed by atoms with E-state index in [1.165, 1.54) is 28.6 Å². The lowest BCUT2D eigenvalue weighted by molar-refractivity contribution is -0.123. The van der Waals surface area contributed by atoms with Gasteiger partial charge in [-0.25, -0.2) is 8.42 Å². The van der Waals surface area contributed by atoms with Gasteiger partial charge in [0, 0.05) is 18.7 Å². The summed E-state index contributed by atoms with van der Waals surface area (Å²) in [5.41, 5.74) is 4.59. The molecule has 0 saturated heterocycles. The fraction of sp³-hybridized carbons (Fsp3) is 0.333. The quantitative estimate of drug-likeness (QED) is 0.536. The van der Waals surface area contributed by atoms with Gasteiger partial charge in [0.05, 0.1) is 11.5 Å². The molecule has 0 aromatic heterocycles. The second kappa shape index (κ2) is 11.3. The molecule has 0 saturated carbocycles. The van der Waals surface area contributed by atoms with Gasteiger partial charge in [-0.2, -0.15) is 4.31 Å². The van der Waals surface area contributed by atoms with Crippen LogP contribution in [0.15, 0.2) is 53.4 Å². The van der Waals surface area contributed by atoms with E-state index in [0.717, 1.165) is 0 Å². The summed E-state index contributed by atoms with van der Waals surface area (Å²) in [5, 5.41) is 0. The summed E-state index contributed by atoms with van der Waals surface area (Å²) >= 11 is 0. The van der Waals surface area contributed by atoms with Crippen LogP contribution >= 0.6 is 0 Å². The molecule has 0 unspecified atom stereocenters. The van der Waals surface area contributed by atoms with Gasteiger partial charge in [0.2, 0.25) is 10.0 Å². The minimum Gasteiger partial charge on any atom is -0.490 e. The smallest absolute Gasteiger partial charge is 0.276 e. The number of hydrazine groups is 1. The highest BCUT2D eigenvalue weighted by molar-refractivity contribution is 7.89. The molecule has 0 heterocycles. The third-order valence-corrected chi connectivity index (χ3v) is 6.31. The molecule has 9 nitrogen and oxygen atoms in total. The van der Waals surface area contributed by atoms with Gasteiger partial charge in [0.25, 0.3) is 11.8 Å². The first-order chi connectivity index (χ1) is 14.8. The first kappa shape index (κ1) is 24.2. The number of nitrogens with one attached hydrogen (secondary N) is 2. The van der Waals surface area contributed by atoms with Gasteiger partial charge in [-0.3, -0.25) is 20.4 Å². The summed E-state index contributed by atoms with van der Waals surface area (Å²) in [5.74, 6) is -0.334. The number of amides is 2. The molecule has 0 aliphatic carbocycles. The number of carbonyl (C=O) groups is 2. The standard InChI is InChI=1S/C21H27N3O6S/c1-4-24(5-2)31(27,28)17-11-9-10-16(14-17)21(26)23-22-20(25)15-30-19-13-8-7-12-18(19)29-6-3/h7-14H,4-6,15H2,1-3H3,(H,22,25)(H,23,26). The van der Waals surface area contributed by atoms with Crippen molar-refractivity contribution in [3.63, 3.8) is 0 Å². The molecule has 10 heteroatoms. The normalized spacial score (nSPS) is 11.1. The number of rotatable bonds is 10. The summed E-state index contributed by atoms with van der Waals surface area (Å²) in [7, 11) is -3.70. The fourth-order valence-corrected chi connectivity index (χ4v) is 4.24. The van der Waals surface area contributed by atoms with Crippen LogP contribution in [0.5, 0.6) is 11.5 Å². The molecule has 2 N–H and O–H groups in total. The SMILES string of the molecule is CCOc1ccccc1OCC(=O)NNC(=O)c1cccc(S(=O)(=O)N(CC)CC)c1. The van der Waals surface area contributed by atoms with Crippen LogP contribution in [-0.4, -0.2) is 50.8 Å². The van der Waals surface area contributed by atoms with E-state index in [2.05, 4.69) is 10.9 Å². The zero-order chi connectivity index (χ0) is 22.9. The van der Waals surface area contributed by atoms with Gasteiger partial charge < -0.3 is 9.47 Å². The van der Waals surface area contributed by atoms with E-state index >= 15 is 0 Å². The Labute approximate surface area is 182 Å². The average molecular weight is 450 g/mol. The fourth-order valence-electron chi connectivity index (χ4n) is 2.73. The van der Waals surface area contributed by atoms with Crippen LogP contribution in [-0.2, 0) is 14.8 Å². The van der Waals surface area contributed by atoms with Crippen molar-refractivity contribution >= 4 is 21.8 Å². The van der Waals surface area contributed by atoms with E-state index < -0.39 is 21.8 Å². The first-order valence-electron chi connectivity index (χ1n) is 9.87. The van der Waals surface area contributed by atoms with Crippen LogP contribution < -0.4 is 20.3 Å². The maximum Gasteiger partial charge on any atom is 0.276 e. The predicted octanol–water partition coefficient (Wildman–Crippen LogP) is 1.96.